The van der Waals surface area contributed by atoms with E-state index in [2.05, 4.69) is 5.32 Å². The maximum absolute atomic E-state index is 12.2. The van der Waals surface area contributed by atoms with E-state index in [1.54, 1.807) is 19.2 Å². The van der Waals surface area contributed by atoms with Crippen LogP contribution in [0.3, 0.4) is 0 Å². The van der Waals surface area contributed by atoms with Gasteiger partial charge in [0.15, 0.2) is 9.84 Å². The Bertz CT molecular complexity index is 462. The Morgan fingerprint density at radius 3 is 2.60 bits per heavy atom. The molecule has 1 fully saturated rings. The number of sulfone groups is 1. The summed E-state index contributed by atoms with van der Waals surface area (Å²) in [5.74, 6) is 0. The molecule has 1 aromatic rings. The molecule has 1 aliphatic rings. The lowest BCUT2D eigenvalue weighted by molar-refractivity contribution is 0.571. The van der Waals surface area contributed by atoms with Gasteiger partial charge in [0.2, 0.25) is 0 Å². The molecule has 0 aliphatic heterocycles. The first-order valence-electron chi connectivity index (χ1n) is 4.66. The lowest BCUT2D eigenvalue weighted by Crippen LogP contribution is -2.33. The monoisotopic (exact) mass is 265 g/mol. The van der Waals surface area contributed by atoms with Crippen LogP contribution in [0.2, 0.25) is 4.34 Å². The molecule has 0 amide bonds. The maximum Gasteiger partial charge on any atom is 0.194 e. The summed E-state index contributed by atoms with van der Waals surface area (Å²) in [7, 11) is -1.42. The lowest BCUT2D eigenvalue weighted by atomic mass is 10.4. The average molecular weight is 266 g/mol. The van der Waals surface area contributed by atoms with Gasteiger partial charge in [0.05, 0.1) is 9.08 Å². The van der Waals surface area contributed by atoms with Crippen molar-refractivity contribution in [1.29, 1.82) is 0 Å². The van der Waals surface area contributed by atoms with Crippen molar-refractivity contribution in [3.8, 4) is 0 Å². The molecule has 0 saturated heterocycles. The van der Waals surface area contributed by atoms with Crippen molar-refractivity contribution in [2.75, 3.05) is 13.6 Å². The van der Waals surface area contributed by atoms with Gasteiger partial charge in [-0.05, 0) is 32.0 Å². The highest BCUT2D eigenvalue weighted by Crippen LogP contribution is 2.47. The second-order valence-electron chi connectivity index (χ2n) is 3.78. The molecule has 0 atom stereocenters. The first kappa shape index (κ1) is 11.4. The van der Waals surface area contributed by atoms with Crippen LogP contribution in [0, 0.1) is 0 Å². The fourth-order valence-electron chi connectivity index (χ4n) is 1.66. The van der Waals surface area contributed by atoms with E-state index in [-0.39, 0.29) is 0 Å². The second-order valence-corrected chi connectivity index (χ2v) is 8.06. The van der Waals surface area contributed by atoms with E-state index >= 15 is 0 Å². The molecule has 15 heavy (non-hydrogen) atoms. The molecule has 1 N–H and O–H groups in total. The van der Waals surface area contributed by atoms with Gasteiger partial charge in [-0.3, -0.25) is 0 Å². The van der Waals surface area contributed by atoms with E-state index in [1.165, 1.54) is 0 Å². The van der Waals surface area contributed by atoms with Crippen LogP contribution in [0.1, 0.15) is 12.8 Å². The van der Waals surface area contributed by atoms with Crippen LogP contribution in [0.25, 0.3) is 0 Å². The molecule has 0 radical (unpaired) electrons. The fourth-order valence-corrected chi connectivity index (χ4v) is 5.46. The van der Waals surface area contributed by atoms with Gasteiger partial charge < -0.3 is 5.32 Å². The minimum atomic E-state index is -3.20. The predicted octanol–water partition coefficient (Wildman–Crippen LogP) is 1.93. The SMILES string of the molecule is CNCC1(S(=O)(=O)c2ccc(Cl)s2)CC1. The van der Waals surface area contributed by atoms with Crippen LogP contribution >= 0.6 is 22.9 Å². The summed E-state index contributed by atoms with van der Waals surface area (Å²) in [6.07, 6.45) is 1.48. The van der Waals surface area contributed by atoms with Crippen molar-refractivity contribution in [3.05, 3.63) is 16.5 Å². The molecular weight excluding hydrogens is 254 g/mol. The van der Waals surface area contributed by atoms with Gasteiger partial charge in [-0.25, -0.2) is 8.42 Å². The van der Waals surface area contributed by atoms with Crippen molar-refractivity contribution >= 4 is 32.8 Å². The predicted molar refractivity (Wildman–Crippen MR) is 62.4 cm³/mol. The number of thiophene rings is 1. The third-order valence-electron chi connectivity index (χ3n) is 2.69. The number of rotatable bonds is 4. The molecule has 1 heterocycles. The Morgan fingerprint density at radius 1 is 1.53 bits per heavy atom. The van der Waals surface area contributed by atoms with Crippen LogP contribution in [0.5, 0.6) is 0 Å². The fraction of sp³-hybridized carbons (Fsp3) is 0.556. The third kappa shape index (κ3) is 1.82. The number of hydrogen-bond acceptors (Lipinski definition) is 4. The lowest BCUT2D eigenvalue weighted by Gasteiger charge is -2.13. The standard InChI is InChI=1S/C9H12ClNO2S2/c1-11-6-9(4-5-9)15(12,13)8-3-2-7(10)14-8/h2-3,11H,4-6H2,1H3. The van der Waals surface area contributed by atoms with Crippen molar-refractivity contribution < 1.29 is 8.42 Å². The van der Waals surface area contributed by atoms with E-state index in [9.17, 15) is 8.42 Å². The highest BCUT2D eigenvalue weighted by molar-refractivity contribution is 7.95. The van der Waals surface area contributed by atoms with Crippen molar-refractivity contribution in [1.82, 2.24) is 5.32 Å². The van der Waals surface area contributed by atoms with Crippen molar-refractivity contribution in [2.45, 2.75) is 21.8 Å². The number of nitrogens with one attached hydrogen (secondary N) is 1. The van der Waals surface area contributed by atoms with Gasteiger partial charge in [0, 0.05) is 6.54 Å². The molecule has 0 aromatic carbocycles. The van der Waals surface area contributed by atoms with Crippen LogP contribution in [-0.4, -0.2) is 26.8 Å². The smallest absolute Gasteiger partial charge is 0.194 e. The maximum atomic E-state index is 12.2. The molecule has 2 rings (SSSR count). The van der Waals surface area contributed by atoms with Gasteiger partial charge in [0.1, 0.15) is 4.21 Å². The van der Waals surface area contributed by atoms with Gasteiger partial charge in [-0.2, -0.15) is 0 Å². The Kier molecular flexibility index (Phi) is 2.83. The highest BCUT2D eigenvalue weighted by Gasteiger charge is 2.54. The zero-order valence-corrected chi connectivity index (χ0v) is 10.7. The summed E-state index contributed by atoms with van der Waals surface area (Å²) in [6, 6.07) is 3.23. The molecule has 1 aromatic heterocycles. The topological polar surface area (TPSA) is 46.2 Å². The molecule has 1 aliphatic carbocycles. The first-order valence-corrected chi connectivity index (χ1v) is 7.34. The summed E-state index contributed by atoms with van der Waals surface area (Å²) < 4.78 is 24.8. The van der Waals surface area contributed by atoms with Crippen LogP contribution < -0.4 is 5.32 Å². The van der Waals surface area contributed by atoms with Gasteiger partial charge in [0.25, 0.3) is 0 Å². The molecule has 0 unspecified atom stereocenters. The highest BCUT2D eigenvalue weighted by atomic mass is 35.5. The van der Waals surface area contributed by atoms with E-state index in [0.29, 0.717) is 15.1 Å². The average Bonchev–Trinajstić information content (AvgIpc) is 2.83. The van der Waals surface area contributed by atoms with E-state index in [0.717, 1.165) is 24.2 Å². The van der Waals surface area contributed by atoms with Crippen LogP contribution in [0.4, 0.5) is 0 Å². The summed E-state index contributed by atoms with van der Waals surface area (Å²) in [5.41, 5.74) is 0. The Labute approximate surface area is 98.4 Å². The molecular formula is C9H12ClNO2S2. The number of hydrogen-bond donors (Lipinski definition) is 1. The minimum Gasteiger partial charge on any atom is -0.318 e. The quantitative estimate of drug-likeness (QED) is 0.905. The van der Waals surface area contributed by atoms with Gasteiger partial charge >= 0.3 is 0 Å². The summed E-state index contributed by atoms with van der Waals surface area (Å²) in [6.45, 7) is 0.519. The third-order valence-corrected chi connectivity index (χ3v) is 6.98. The summed E-state index contributed by atoms with van der Waals surface area (Å²) >= 11 is 6.89. The second kappa shape index (κ2) is 3.73. The zero-order chi connectivity index (χ0) is 11.1. The van der Waals surface area contributed by atoms with Crippen molar-refractivity contribution in [2.24, 2.45) is 0 Å². The molecule has 0 bridgehead atoms. The molecule has 3 nitrogen and oxygen atoms in total. The molecule has 84 valence electrons. The number of halogens is 1. The largest absolute Gasteiger partial charge is 0.318 e. The Balaban J connectivity index is 2.36. The van der Waals surface area contributed by atoms with E-state index in [4.69, 9.17) is 11.6 Å². The van der Waals surface area contributed by atoms with Crippen molar-refractivity contribution in [3.63, 3.8) is 0 Å². The Morgan fingerprint density at radius 2 is 2.20 bits per heavy atom. The first-order chi connectivity index (χ1) is 7.02. The van der Waals surface area contributed by atoms with E-state index < -0.39 is 14.6 Å². The van der Waals surface area contributed by atoms with Crippen LogP contribution in [0.15, 0.2) is 16.3 Å². The van der Waals surface area contributed by atoms with Gasteiger partial charge in [-0.15, -0.1) is 11.3 Å². The summed E-state index contributed by atoms with van der Waals surface area (Å²) in [4.78, 5) is 0. The molecule has 1 saturated carbocycles. The molecule has 0 spiro atoms. The van der Waals surface area contributed by atoms with Gasteiger partial charge in [-0.1, -0.05) is 11.6 Å². The summed E-state index contributed by atoms with van der Waals surface area (Å²) in [5, 5.41) is 2.95. The zero-order valence-electron chi connectivity index (χ0n) is 8.29. The molecule has 6 heteroatoms. The van der Waals surface area contributed by atoms with E-state index in [1.807, 2.05) is 0 Å². The Hall–Kier alpha value is -0.100. The normalized spacial score (nSPS) is 19.1. The minimum absolute atomic E-state index is 0.389. The van der Waals surface area contributed by atoms with Crippen LogP contribution in [-0.2, 0) is 9.84 Å².